The van der Waals surface area contributed by atoms with E-state index in [1.807, 2.05) is 19.1 Å². The topological polar surface area (TPSA) is 105 Å². The minimum atomic E-state index is 0.199. The van der Waals surface area contributed by atoms with Gasteiger partial charge in [-0.3, -0.25) is 0 Å². The molecule has 1 aromatic carbocycles. The Balaban J connectivity index is 1.46. The van der Waals surface area contributed by atoms with Gasteiger partial charge in [0.15, 0.2) is 5.65 Å². The van der Waals surface area contributed by atoms with E-state index in [0.717, 1.165) is 26.8 Å². The summed E-state index contributed by atoms with van der Waals surface area (Å²) in [5.41, 5.74) is 8.95. The van der Waals surface area contributed by atoms with E-state index in [-0.39, 0.29) is 5.95 Å². The van der Waals surface area contributed by atoms with Crippen LogP contribution in [0.15, 0.2) is 29.6 Å². The molecular weight excluding hydrogens is 374 g/mol. The average molecular weight is 388 g/mol. The highest BCUT2D eigenvalue weighted by Crippen LogP contribution is 2.26. The second-order valence-corrected chi connectivity index (χ2v) is 7.93. The summed E-state index contributed by atoms with van der Waals surface area (Å²) >= 11 is 8.61. The fourth-order valence-corrected chi connectivity index (χ4v) is 4.27. The highest BCUT2D eigenvalue weighted by molar-refractivity contribution is 8.01. The van der Waals surface area contributed by atoms with Gasteiger partial charge in [0, 0.05) is 5.69 Å². The number of nitrogens with one attached hydrogen (secondary N) is 2. The molecule has 0 atom stereocenters. The second kappa shape index (κ2) is 6.54. The number of fused-ring (bicyclic) bond motifs is 2. The molecule has 0 saturated carbocycles. The first-order valence-corrected chi connectivity index (χ1v) is 9.56. The van der Waals surface area contributed by atoms with E-state index in [9.17, 15) is 0 Å². The van der Waals surface area contributed by atoms with Crippen LogP contribution < -0.4 is 11.1 Å². The van der Waals surface area contributed by atoms with Crippen LogP contribution in [0.4, 0.5) is 11.6 Å². The van der Waals surface area contributed by atoms with Crippen LogP contribution in [0.3, 0.4) is 0 Å². The number of benzene rings is 1. The van der Waals surface area contributed by atoms with E-state index >= 15 is 0 Å². The highest BCUT2D eigenvalue weighted by atomic mass is 32.2. The number of thioether (sulfide) groups is 1. The quantitative estimate of drug-likeness (QED) is 0.278. The van der Waals surface area contributed by atoms with E-state index in [0.29, 0.717) is 16.4 Å². The van der Waals surface area contributed by atoms with Gasteiger partial charge in [0.2, 0.25) is 5.95 Å². The first-order chi connectivity index (χ1) is 12.1. The standard InChI is InChI=1S/C15H13N7S3/c1-7-19-9-4-8(2-3-10(9)25-7)20-11(23)5-24-14-12-13(18-6-17-12)21-15(16)22-14/h2-4,6H,5H2,1H3,(H,20,23)(H3,16,17,18,21,22). The van der Waals surface area contributed by atoms with Crippen LogP contribution >= 0.6 is 35.3 Å². The van der Waals surface area contributed by atoms with E-state index in [2.05, 4.69) is 36.3 Å². The molecule has 4 N–H and O–H groups in total. The van der Waals surface area contributed by atoms with Crippen molar-refractivity contribution >= 4 is 73.3 Å². The van der Waals surface area contributed by atoms with Crippen LogP contribution in [0, 0.1) is 6.92 Å². The molecule has 0 radical (unpaired) electrons. The minimum absolute atomic E-state index is 0.199. The lowest BCUT2D eigenvalue weighted by Gasteiger charge is -2.08. The van der Waals surface area contributed by atoms with Crippen LogP contribution in [0.1, 0.15) is 5.01 Å². The first-order valence-electron chi connectivity index (χ1n) is 7.35. The third-order valence-corrected chi connectivity index (χ3v) is 5.77. The number of thiazole rings is 1. The molecule has 10 heteroatoms. The van der Waals surface area contributed by atoms with Gasteiger partial charge in [0.25, 0.3) is 0 Å². The average Bonchev–Trinajstić information content (AvgIpc) is 3.17. The Morgan fingerprint density at radius 1 is 1.36 bits per heavy atom. The third-order valence-electron chi connectivity index (χ3n) is 3.39. The Bertz CT molecular complexity index is 1090. The van der Waals surface area contributed by atoms with Gasteiger partial charge in [-0.1, -0.05) is 24.0 Å². The minimum Gasteiger partial charge on any atom is -0.368 e. The van der Waals surface area contributed by atoms with Gasteiger partial charge in [-0.2, -0.15) is 4.98 Å². The van der Waals surface area contributed by atoms with Crippen molar-refractivity contribution < 1.29 is 0 Å². The maximum atomic E-state index is 5.72. The van der Waals surface area contributed by atoms with Gasteiger partial charge in [-0.05, 0) is 25.1 Å². The first kappa shape index (κ1) is 16.2. The van der Waals surface area contributed by atoms with Gasteiger partial charge in [0.05, 0.1) is 32.3 Å². The van der Waals surface area contributed by atoms with E-state index in [1.165, 1.54) is 16.5 Å². The van der Waals surface area contributed by atoms with Crippen molar-refractivity contribution in [1.82, 2.24) is 24.9 Å². The molecule has 4 rings (SSSR count). The van der Waals surface area contributed by atoms with Crippen LogP contribution in [0.25, 0.3) is 21.4 Å². The van der Waals surface area contributed by atoms with Crippen molar-refractivity contribution in [2.24, 2.45) is 0 Å². The number of aryl methyl sites for hydroxylation is 1. The summed E-state index contributed by atoms with van der Waals surface area (Å²) in [6.45, 7) is 2.00. The molecule has 0 saturated heterocycles. The number of imidazole rings is 1. The molecule has 0 aliphatic rings. The van der Waals surface area contributed by atoms with Crippen molar-refractivity contribution in [1.29, 1.82) is 0 Å². The molecule has 0 amide bonds. The van der Waals surface area contributed by atoms with Gasteiger partial charge in [0.1, 0.15) is 10.5 Å². The molecule has 126 valence electrons. The summed E-state index contributed by atoms with van der Waals surface area (Å²) in [5.74, 6) is 0.763. The molecule has 3 heterocycles. The van der Waals surface area contributed by atoms with Crippen molar-refractivity contribution in [3.05, 3.63) is 29.5 Å². The second-order valence-electron chi connectivity index (χ2n) is 5.24. The fourth-order valence-electron chi connectivity index (χ4n) is 2.38. The number of nitrogen functional groups attached to an aromatic ring is 1. The summed E-state index contributed by atoms with van der Waals surface area (Å²) in [6.07, 6.45) is 1.57. The zero-order valence-electron chi connectivity index (χ0n) is 13.1. The zero-order valence-corrected chi connectivity index (χ0v) is 15.6. The number of nitrogens with two attached hydrogens (primary N) is 1. The van der Waals surface area contributed by atoms with E-state index in [4.69, 9.17) is 18.0 Å². The molecule has 0 fully saturated rings. The summed E-state index contributed by atoms with van der Waals surface area (Å²) in [6, 6.07) is 6.07. The number of aromatic nitrogens is 5. The largest absolute Gasteiger partial charge is 0.368 e. The lowest BCUT2D eigenvalue weighted by atomic mass is 10.3. The molecule has 0 aliphatic carbocycles. The summed E-state index contributed by atoms with van der Waals surface area (Å²) in [5, 5.41) is 5.03. The number of H-pyrrole nitrogens is 1. The van der Waals surface area contributed by atoms with Gasteiger partial charge >= 0.3 is 0 Å². The smallest absolute Gasteiger partial charge is 0.223 e. The number of anilines is 2. The Morgan fingerprint density at radius 3 is 3.12 bits per heavy atom. The fraction of sp³-hybridized carbons (Fsp3) is 0.133. The normalized spacial score (nSPS) is 11.2. The lowest BCUT2D eigenvalue weighted by molar-refractivity contribution is 1.10. The maximum absolute atomic E-state index is 5.72. The van der Waals surface area contributed by atoms with Crippen molar-refractivity contribution in [3.8, 4) is 0 Å². The molecule has 7 nitrogen and oxygen atoms in total. The molecule has 0 aliphatic heterocycles. The third kappa shape index (κ3) is 3.41. The van der Waals surface area contributed by atoms with Crippen LogP contribution in [0.2, 0.25) is 0 Å². The summed E-state index contributed by atoms with van der Waals surface area (Å²) in [7, 11) is 0. The number of aromatic amines is 1. The van der Waals surface area contributed by atoms with Gasteiger partial charge in [-0.15, -0.1) is 11.3 Å². The predicted molar refractivity (Wildman–Crippen MR) is 107 cm³/mol. The monoisotopic (exact) mass is 387 g/mol. The van der Waals surface area contributed by atoms with Gasteiger partial charge < -0.3 is 16.0 Å². The summed E-state index contributed by atoms with van der Waals surface area (Å²) in [4.78, 5) is 20.7. The SMILES string of the molecule is Cc1nc2cc(NC(=S)CSc3nc(N)nc4nc[nH]c34)ccc2s1. The molecule has 25 heavy (non-hydrogen) atoms. The Labute approximate surface area is 156 Å². The Morgan fingerprint density at radius 2 is 2.24 bits per heavy atom. The number of rotatable bonds is 4. The van der Waals surface area contributed by atoms with Crippen molar-refractivity contribution in [3.63, 3.8) is 0 Å². The van der Waals surface area contributed by atoms with Crippen molar-refractivity contribution in [2.75, 3.05) is 16.8 Å². The number of nitrogens with zero attached hydrogens (tertiary/aromatic N) is 4. The Hall–Kier alpha value is -2.30. The van der Waals surface area contributed by atoms with Crippen LogP contribution in [-0.4, -0.2) is 35.7 Å². The zero-order chi connectivity index (χ0) is 17.4. The lowest BCUT2D eigenvalue weighted by Crippen LogP contribution is -2.12. The number of thiocarbonyl (C=S) groups is 1. The molecule has 4 aromatic rings. The summed E-state index contributed by atoms with van der Waals surface area (Å²) < 4.78 is 1.17. The van der Waals surface area contributed by atoms with Gasteiger partial charge in [-0.25, -0.2) is 15.0 Å². The molecule has 0 unspecified atom stereocenters. The maximum Gasteiger partial charge on any atom is 0.223 e. The number of hydrogen-bond acceptors (Lipinski definition) is 8. The molecule has 0 bridgehead atoms. The Kier molecular flexibility index (Phi) is 4.24. The van der Waals surface area contributed by atoms with Crippen LogP contribution in [0.5, 0.6) is 0 Å². The molecule has 3 aromatic heterocycles. The van der Waals surface area contributed by atoms with Crippen LogP contribution in [-0.2, 0) is 0 Å². The van der Waals surface area contributed by atoms with E-state index in [1.54, 1.807) is 17.7 Å². The number of hydrogen-bond donors (Lipinski definition) is 3. The molecular formula is C15H13N7S3. The van der Waals surface area contributed by atoms with E-state index < -0.39 is 0 Å². The molecule has 0 spiro atoms. The highest BCUT2D eigenvalue weighted by Gasteiger charge is 2.10. The predicted octanol–water partition coefficient (Wildman–Crippen LogP) is 3.38. The van der Waals surface area contributed by atoms with Crippen molar-refractivity contribution in [2.45, 2.75) is 11.9 Å².